The maximum absolute atomic E-state index is 5.60. The molecule has 2 saturated heterocycles. The third-order valence-corrected chi connectivity index (χ3v) is 6.91. The fourth-order valence-electron chi connectivity index (χ4n) is 5.31. The van der Waals surface area contributed by atoms with E-state index in [1.807, 2.05) is 18.2 Å². The minimum Gasteiger partial charge on any atom is -0.496 e. The fraction of sp³-hybridized carbons (Fsp3) is 0.727. The summed E-state index contributed by atoms with van der Waals surface area (Å²) >= 11 is 0. The Kier molecular flexibility index (Phi) is 5.42. The standard InChI is InChI=1S/C22H34N2O2/c1-25-20-8-4-9-21(26-2)19(20)15-24-13-11-22(17-24)10-5-12-23(16-22)14-18-6-3-7-18/h4,8-9,18H,3,5-7,10-17H2,1-2H3. The predicted octanol–water partition coefficient (Wildman–Crippen LogP) is 3.79. The summed E-state index contributed by atoms with van der Waals surface area (Å²) < 4.78 is 11.2. The monoisotopic (exact) mass is 358 g/mol. The molecule has 1 saturated carbocycles. The molecule has 0 N–H and O–H groups in total. The zero-order chi connectivity index (χ0) is 18.0. The van der Waals surface area contributed by atoms with Crippen molar-refractivity contribution in [2.75, 3.05) is 46.9 Å². The lowest BCUT2D eigenvalue weighted by Gasteiger charge is -2.43. The quantitative estimate of drug-likeness (QED) is 0.772. The second-order valence-corrected chi connectivity index (χ2v) is 8.74. The summed E-state index contributed by atoms with van der Waals surface area (Å²) in [5.74, 6) is 2.88. The third-order valence-electron chi connectivity index (χ3n) is 6.91. The van der Waals surface area contributed by atoms with Gasteiger partial charge in [-0.1, -0.05) is 12.5 Å². The molecule has 4 nitrogen and oxygen atoms in total. The molecular formula is C22H34N2O2. The van der Waals surface area contributed by atoms with Gasteiger partial charge in [-0.25, -0.2) is 0 Å². The molecule has 0 bridgehead atoms. The van der Waals surface area contributed by atoms with Crippen molar-refractivity contribution in [1.29, 1.82) is 0 Å². The van der Waals surface area contributed by atoms with E-state index < -0.39 is 0 Å². The molecule has 1 spiro atoms. The second kappa shape index (κ2) is 7.77. The molecule has 0 aromatic heterocycles. The van der Waals surface area contributed by atoms with Crippen LogP contribution in [-0.4, -0.2) is 56.7 Å². The highest BCUT2D eigenvalue weighted by atomic mass is 16.5. The molecule has 2 aliphatic heterocycles. The van der Waals surface area contributed by atoms with Crippen molar-refractivity contribution in [3.63, 3.8) is 0 Å². The molecule has 1 aromatic carbocycles. The van der Waals surface area contributed by atoms with Crippen LogP contribution in [0.5, 0.6) is 11.5 Å². The van der Waals surface area contributed by atoms with Crippen molar-refractivity contribution in [1.82, 2.24) is 9.80 Å². The average molecular weight is 359 g/mol. The van der Waals surface area contributed by atoms with Gasteiger partial charge >= 0.3 is 0 Å². The van der Waals surface area contributed by atoms with Crippen LogP contribution in [-0.2, 0) is 6.54 Å². The molecule has 4 heteroatoms. The number of piperidine rings is 1. The van der Waals surface area contributed by atoms with Gasteiger partial charge in [-0.3, -0.25) is 4.90 Å². The van der Waals surface area contributed by atoms with Crippen LogP contribution >= 0.6 is 0 Å². The van der Waals surface area contributed by atoms with E-state index in [2.05, 4.69) is 9.80 Å². The minimum absolute atomic E-state index is 0.511. The summed E-state index contributed by atoms with van der Waals surface area (Å²) in [6.45, 7) is 7.31. The molecule has 4 rings (SSSR count). The van der Waals surface area contributed by atoms with E-state index in [1.54, 1.807) is 14.2 Å². The van der Waals surface area contributed by atoms with Gasteiger partial charge in [0.05, 0.1) is 19.8 Å². The second-order valence-electron chi connectivity index (χ2n) is 8.74. The zero-order valence-corrected chi connectivity index (χ0v) is 16.5. The number of ether oxygens (including phenoxy) is 2. The SMILES string of the molecule is COc1cccc(OC)c1CN1CCC2(CCCN(CC3CCC3)C2)C1. The van der Waals surface area contributed by atoms with Crippen LogP contribution in [0.1, 0.15) is 44.1 Å². The summed E-state index contributed by atoms with van der Waals surface area (Å²) in [6.07, 6.45) is 8.49. The lowest BCUT2D eigenvalue weighted by Crippen LogP contribution is -2.47. The lowest BCUT2D eigenvalue weighted by atomic mass is 9.78. The van der Waals surface area contributed by atoms with Crippen molar-refractivity contribution in [3.8, 4) is 11.5 Å². The first-order chi connectivity index (χ1) is 12.7. The molecule has 144 valence electrons. The summed E-state index contributed by atoms with van der Waals surface area (Å²) in [5.41, 5.74) is 1.70. The van der Waals surface area contributed by atoms with E-state index in [1.165, 1.54) is 76.8 Å². The van der Waals surface area contributed by atoms with Crippen LogP contribution in [0, 0.1) is 11.3 Å². The molecule has 1 unspecified atom stereocenters. The zero-order valence-electron chi connectivity index (χ0n) is 16.5. The maximum atomic E-state index is 5.60. The summed E-state index contributed by atoms with van der Waals surface area (Å²) in [7, 11) is 3.51. The number of rotatable bonds is 6. The lowest BCUT2D eigenvalue weighted by molar-refractivity contribution is 0.0667. The Balaban J connectivity index is 1.40. The smallest absolute Gasteiger partial charge is 0.127 e. The van der Waals surface area contributed by atoms with E-state index in [4.69, 9.17) is 9.47 Å². The van der Waals surface area contributed by atoms with E-state index in [-0.39, 0.29) is 0 Å². The van der Waals surface area contributed by atoms with E-state index in [0.29, 0.717) is 5.41 Å². The Morgan fingerprint density at radius 1 is 0.962 bits per heavy atom. The van der Waals surface area contributed by atoms with Crippen LogP contribution < -0.4 is 9.47 Å². The molecule has 2 heterocycles. The number of hydrogen-bond donors (Lipinski definition) is 0. The van der Waals surface area contributed by atoms with E-state index in [0.717, 1.165) is 24.0 Å². The van der Waals surface area contributed by atoms with Gasteiger partial charge in [0, 0.05) is 26.2 Å². The molecular weight excluding hydrogens is 324 g/mol. The predicted molar refractivity (Wildman–Crippen MR) is 105 cm³/mol. The number of benzene rings is 1. The Hall–Kier alpha value is -1.26. The average Bonchev–Trinajstić information content (AvgIpc) is 3.00. The van der Waals surface area contributed by atoms with Crippen LogP contribution in [0.4, 0.5) is 0 Å². The topological polar surface area (TPSA) is 24.9 Å². The van der Waals surface area contributed by atoms with Gasteiger partial charge in [-0.05, 0) is 68.7 Å². The molecule has 1 atom stereocenters. The Bertz CT molecular complexity index is 594. The first kappa shape index (κ1) is 18.1. The van der Waals surface area contributed by atoms with Crippen molar-refractivity contribution in [2.24, 2.45) is 11.3 Å². The molecule has 26 heavy (non-hydrogen) atoms. The third kappa shape index (κ3) is 3.72. The Labute approximate surface area is 158 Å². The summed E-state index contributed by atoms with van der Waals surface area (Å²) in [6, 6.07) is 6.10. The minimum atomic E-state index is 0.511. The maximum Gasteiger partial charge on any atom is 0.127 e. The van der Waals surface area contributed by atoms with Crippen LogP contribution in [0.15, 0.2) is 18.2 Å². The highest BCUT2D eigenvalue weighted by molar-refractivity contribution is 5.44. The fourth-order valence-corrected chi connectivity index (χ4v) is 5.31. The highest BCUT2D eigenvalue weighted by Crippen LogP contribution is 2.41. The van der Waals surface area contributed by atoms with Crippen molar-refractivity contribution < 1.29 is 9.47 Å². The molecule has 3 fully saturated rings. The van der Waals surface area contributed by atoms with Crippen LogP contribution in [0.25, 0.3) is 0 Å². The normalized spacial score (nSPS) is 27.6. The van der Waals surface area contributed by atoms with Gasteiger partial charge < -0.3 is 14.4 Å². The van der Waals surface area contributed by atoms with Gasteiger partial charge in [0.2, 0.25) is 0 Å². The Morgan fingerprint density at radius 2 is 1.69 bits per heavy atom. The van der Waals surface area contributed by atoms with Crippen LogP contribution in [0.2, 0.25) is 0 Å². The van der Waals surface area contributed by atoms with E-state index >= 15 is 0 Å². The molecule has 0 radical (unpaired) electrons. The first-order valence-electron chi connectivity index (χ1n) is 10.4. The number of hydrogen-bond acceptors (Lipinski definition) is 4. The van der Waals surface area contributed by atoms with Crippen molar-refractivity contribution in [3.05, 3.63) is 23.8 Å². The largest absolute Gasteiger partial charge is 0.496 e. The van der Waals surface area contributed by atoms with Crippen molar-refractivity contribution in [2.45, 2.75) is 45.1 Å². The highest BCUT2D eigenvalue weighted by Gasteiger charge is 2.42. The number of methoxy groups -OCH3 is 2. The van der Waals surface area contributed by atoms with Gasteiger partial charge in [-0.15, -0.1) is 0 Å². The summed E-state index contributed by atoms with van der Waals surface area (Å²) in [5, 5.41) is 0. The van der Waals surface area contributed by atoms with Gasteiger partial charge in [0.25, 0.3) is 0 Å². The van der Waals surface area contributed by atoms with Crippen molar-refractivity contribution >= 4 is 0 Å². The van der Waals surface area contributed by atoms with Gasteiger partial charge in [0.15, 0.2) is 0 Å². The van der Waals surface area contributed by atoms with Gasteiger partial charge in [0.1, 0.15) is 11.5 Å². The molecule has 1 aliphatic carbocycles. The molecule has 3 aliphatic rings. The molecule has 0 amide bonds. The number of likely N-dealkylation sites (tertiary alicyclic amines) is 2. The van der Waals surface area contributed by atoms with Gasteiger partial charge in [-0.2, -0.15) is 0 Å². The van der Waals surface area contributed by atoms with E-state index in [9.17, 15) is 0 Å². The first-order valence-corrected chi connectivity index (χ1v) is 10.4. The Morgan fingerprint density at radius 3 is 2.35 bits per heavy atom. The number of nitrogens with zero attached hydrogens (tertiary/aromatic N) is 2. The van der Waals surface area contributed by atoms with Crippen LogP contribution in [0.3, 0.4) is 0 Å². The summed E-state index contributed by atoms with van der Waals surface area (Å²) in [4.78, 5) is 5.40. The molecule has 1 aromatic rings.